The van der Waals surface area contributed by atoms with E-state index in [0.29, 0.717) is 47.6 Å². The molecule has 1 aromatic heterocycles. The van der Waals surface area contributed by atoms with Crippen LogP contribution in [-0.4, -0.2) is 37.5 Å². The summed E-state index contributed by atoms with van der Waals surface area (Å²) in [7, 11) is 0. The van der Waals surface area contributed by atoms with Crippen molar-refractivity contribution >= 4 is 34.5 Å². The Labute approximate surface area is 225 Å². The Morgan fingerprint density at radius 3 is 2.29 bits per heavy atom. The molecule has 0 atom stereocenters. The topological polar surface area (TPSA) is 75.4 Å². The van der Waals surface area contributed by atoms with E-state index in [2.05, 4.69) is 0 Å². The van der Waals surface area contributed by atoms with Crippen LogP contribution in [0.25, 0.3) is 22.4 Å². The molecule has 5 rings (SSSR count). The van der Waals surface area contributed by atoms with Gasteiger partial charge in [-0.2, -0.15) is 0 Å². The van der Waals surface area contributed by atoms with Gasteiger partial charge in [0.25, 0.3) is 0 Å². The van der Waals surface area contributed by atoms with Crippen molar-refractivity contribution in [1.29, 1.82) is 0 Å². The monoisotopic (exact) mass is 543 g/mol. The maximum absolute atomic E-state index is 14.7. The molecule has 2 aliphatic rings. The van der Waals surface area contributed by atoms with E-state index in [9.17, 15) is 23.5 Å². The number of amides is 1. The van der Waals surface area contributed by atoms with Crippen LogP contribution in [0.4, 0.5) is 8.78 Å². The Kier molecular flexibility index (Phi) is 7.45. The van der Waals surface area contributed by atoms with Gasteiger partial charge in [-0.1, -0.05) is 18.0 Å². The average Bonchev–Trinajstić information content (AvgIpc) is 3.24. The van der Waals surface area contributed by atoms with Crippen LogP contribution in [0.15, 0.2) is 36.4 Å². The number of halogens is 3. The molecule has 1 amide bonds. The molecule has 0 unspecified atom stereocenters. The first-order chi connectivity index (χ1) is 18.2. The number of imidazole rings is 1. The largest absolute Gasteiger partial charge is 0.481 e. The predicted molar refractivity (Wildman–Crippen MR) is 142 cm³/mol. The molecule has 1 heterocycles. The molecule has 0 saturated heterocycles. The summed E-state index contributed by atoms with van der Waals surface area (Å²) in [5.74, 6) is -2.18. The molecule has 6 nitrogen and oxygen atoms in total. The van der Waals surface area contributed by atoms with Crippen molar-refractivity contribution < 1.29 is 23.5 Å². The number of aromatic nitrogens is 2. The zero-order chi connectivity index (χ0) is 27.0. The SMILES string of the molecule is CC(=O)N(C1CCC(CC(=O)O)CC1)C1(n2c(-c3ccc(Cl)cc3)nc3cc(F)c(F)cc32)CCCCC1. The molecule has 3 aromatic rings. The molecular formula is C29H32ClF2N3O3. The Morgan fingerprint density at radius 2 is 1.68 bits per heavy atom. The molecule has 0 bridgehead atoms. The third-order valence-electron chi connectivity index (χ3n) is 8.30. The summed E-state index contributed by atoms with van der Waals surface area (Å²) in [4.78, 5) is 31.5. The third-order valence-corrected chi connectivity index (χ3v) is 8.55. The van der Waals surface area contributed by atoms with Gasteiger partial charge in [0.2, 0.25) is 5.91 Å². The molecule has 202 valence electrons. The number of aliphatic carboxylic acids is 1. The maximum atomic E-state index is 14.7. The quantitative estimate of drug-likeness (QED) is 0.359. The highest BCUT2D eigenvalue weighted by atomic mass is 35.5. The smallest absolute Gasteiger partial charge is 0.303 e. The van der Waals surface area contributed by atoms with Crippen molar-refractivity contribution in [3.05, 3.63) is 53.1 Å². The molecule has 0 spiro atoms. The van der Waals surface area contributed by atoms with E-state index >= 15 is 0 Å². The molecule has 2 fully saturated rings. The zero-order valence-corrected chi connectivity index (χ0v) is 22.2. The first-order valence-corrected chi connectivity index (χ1v) is 13.7. The van der Waals surface area contributed by atoms with E-state index in [1.54, 1.807) is 19.1 Å². The third kappa shape index (κ3) is 4.91. The van der Waals surface area contributed by atoms with Crippen LogP contribution in [-0.2, 0) is 15.3 Å². The second-order valence-electron chi connectivity index (χ2n) is 10.7. The second-order valence-corrected chi connectivity index (χ2v) is 11.2. The van der Waals surface area contributed by atoms with Gasteiger partial charge in [-0.05, 0) is 81.5 Å². The van der Waals surface area contributed by atoms with Crippen LogP contribution in [0.5, 0.6) is 0 Å². The minimum Gasteiger partial charge on any atom is -0.481 e. The lowest BCUT2D eigenvalue weighted by molar-refractivity contribution is -0.150. The first-order valence-electron chi connectivity index (χ1n) is 13.4. The minimum absolute atomic E-state index is 0.0833. The van der Waals surface area contributed by atoms with Gasteiger partial charge in [0, 0.05) is 42.1 Å². The van der Waals surface area contributed by atoms with Gasteiger partial charge in [0.15, 0.2) is 11.6 Å². The van der Waals surface area contributed by atoms with Crippen LogP contribution in [0, 0.1) is 17.6 Å². The fourth-order valence-corrected chi connectivity index (χ4v) is 6.85. The second kappa shape index (κ2) is 10.6. The van der Waals surface area contributed by atoms with Crippen molar-refractivity contribution in [1.82, 2.24) is 14.5 Å². The number of fused-ring (bicyclic) bond motifs is 1. The van der Waals surface area contributed by atoms with E-state index < -0.39 is 23.3 Å². The summed E-state index contributed by atoms with van der Waals surface area (Å²) in [6.45, 7) is 1.57. The number of carboxylic acid groups (broad SMARTS) is 1. The van der Waals surface area contributed by atoms with Crippen LogP contribution >= 0.6 is 11.6 Å². The summed E-state index contributed by atoms with van der Waals surface area (Å²) in [6, 6.07) is 9.39. The molecular weight excluding hydrogens is 512 g/mol. The molecule has 38 heavy (non-hydrogen) atoms. The van der Waals surface area contributed by atoms with E-state index in [-0.39, 0.29) is 24.3 Å². The number of benzene rings is 2. The van der Waals surface area contributed by atoms with Crippen LogP contribution in [0.3, 0.4) is 0 Å². The number of carbonyl (C=O) groups is 2. The van der Waals surface area contributed by atoms with Gasteiger partial charge in [-0.3, -0.25) is 14.2 Å². The van der Waals surface area contributed by atoms with E-state index in [1.165, 1.54) is 6.07 Å². The Morgan fingerprint density at radius 1 is 1.05 bits per heavy atom. The number of nitrogens with zero attached hydrogens (tertiary/aromatic N) is 3. The zero-order valence-electron chi connectivity index (χ0n) is 21.4. The van der Waals surface area contributed by atoms with Crippen LogP contribution in [0.1, 0.15) is 71.1 Å². The van der Waals surface area contributed by atoms with Gasteiger partial charge in [-0.15, -0.1) is 0 Å². The highest BCUT2D eigenvalue weighted by Gasteiger charge is 2.47. The average molecular weight is 544 g/mol. The van der Waals surface area contributed by atoms with Gasteiger partial charge in [-0.25, -0.2) is 13.8 Å². The molecule has 2 saturated carbocycles. The summed E-state index contributed by atoms with van der Waals surface area (Å²) < 4.78 is 31.0. The normalized spacial score (nSPS) is 21.4. The van der Waals surface area contributed by atoms with Gasteiger partial charge in [0.05, 0.1) is 11.0 Å². The van der Waals surface area contributed by atoms with Gasteiger partial charge < -0.3 is 10.0 Å². The van der Waals surface area contributed by atoms with Crippen LogP contribution < -0.4 is 0 Å². The Balaban J connectivity index is 1.69. The lowest BCUT2D eigenvalue weighted by Gasteiger charge is -2.52. The standard InChI is InChI=1S/C29H32ClF2N3O3/c1-18(36)34(22-11-5-19(6-12-22)15-27(37)38)29(13-3-2-4-14-29)35-26-17-24(32)23(31)16-25(26)33-28(35)20-7-9-21(30)10-8-20/h7-10,16-17,19,22H,2-6,11-15H2,1H3,(H,37,38). The molecule has 2 aromatic carbocycles. The fourth-order valence-electron chi connectivity index (χ4n) is 6.72. The summed E-state index contributed by atoms with van der Waals surface area (Å²) in [5.41, 5.74) is 0.696. The summed E-state index contributed by atoms with van der Waals surface area (Å²) in [6.07, 6.45) is 7.08. The number of carboxylic acids is 1. The summed E-state index contributed by atoms with van der Waals surface area (Å²) >= 11 is 6.16. The van der Waals surface area contributed by atoms with E-state index in [4.69, 9.17) is 16.6 Å². The molecule has 0 radical (unpaired) electrons. The van der Waals surface area contributed by atoms with E-state index in [0.717, 1.165) is 43.7 Å². The molecule has 2 aliphatic carbocycles. The van der Waals surface area contributed by atoms with Crippen molar-refractivity contribution in [2.75, 3.05) is 0 Å². The highest BCUT2D eigenvalue weighted by Crippen LogP contribution is 2.46. The fraction of sp³-hybridized carbons (Fsp3) is 0.483. The molecule has 1 N–H and O–H groups in total. The van der Waals surface area contributed by atoms with Gasteiger partial charge >= 0.3 is 5.97 Å². The Hall–Kier alpha value is -3.00. The Bertz CT molecular complexity index is 1340. The van der Waals surface area contributed by atoms with Crippen molar-refractivity contribution in [3.63, 3.8) is 0 Å². The van der Waals surface area contributed by atoms with Crippen molar-refractivity contribution in [2.24, 2.45) is 5.92 Å². The molecule has 9 heteroatoms. The van der Waals surface area contributed by atoms with E-state index in [1.807, 2.05) is 21.6 Å². The predicted octanol–water partition coefficient (Wildman–Crippen LogP) is 7.13. The van der Waals surface area contributed by atoms with Gasteiger partial charge in [0.1, 0.15) is 11.5 Å². The number of hydrogen-bond acceptors (Lipinski definition) is 3. The number of carbonyl (C=O) groups excluding carboxylic acids is 1. The number of rotatable bonds is 6. The summed E-state index contributed by atoms with van der Waals surface area (Å²) in [5, 5.41) is 9.82. The maximum Gasteiger partial charge on any atom is 0.303 e. The van der Waals surface area contributed by atoms with Crippen LogP contribution in [0.2, 0.25) is 5.02 Å². The lowest BCUT2D eigenvalue weighted by atomic mass is 9.80. The lowest BCUT2D eigenvalue weighted by Crippen LogP contribution is -2.58. The highest BCUT2D eigenvalue weighted by molar-refractivity contribution is 6.30. The number of hydrogen-bond donors (Lipinski definition) is 1. The molecule has 0 aliphatic heterocycles. The minimum atomic E-state index is -0.970. The van der Waals surface area contributed by atoms with Crippen molar-refractivity contribution in [3.8, 4) is 11.4 Å². The van der Waals surface area contributed by atoms with Crippen molar-refractivity contribution in [2.45, 2.75) is 82.8 Å². The first kappa shape index (κ1) is 26.6.